The standard InChI is InChI=1S/C18H16F3N4O7P/c19-12-7-13(15(20)16(21)17(12)23-4-1-10(26)2-5-23)24-8-11(32-18(24)27)9-25(33(28,29)30)14-3-6-31-22-14/h1,3-4,6-7,11H,2,5,8-9H2,(H2,28,29,30). The molecule has 33 heavy (non-hydrogen) atoms. The molecule has 1 amide bonds. The Kier molecular flexibility index (Phi) is 5.91. The molecule has 1 aromatic carbocycles. The van der Waals surface area contributed by atoms with Crippen LogP contribution in [-0.4, -0.2) is 52.6 Å². The smallest absolute Gasteiger partial charge is 0.431 e. The second kappa shape index (κ2) is 8.54. The Balaban J connectivity index is 1.59. The van der Waals surface area contributed by atoms with Crippen molar-refractivity contribution in [3.05, 3.63) is 48.1 Å². The van der Waals surface area contributed by atoms with E-state index in [0.717, 1.165) is 23.4 Å². The van der Waals surface area contributed by atoms with Crippen LogP contribution in [0.4, 0.5) is 35.2 Å². The number of rotatable bonds is 6. The molecule has 1 unspecified atom stereocenters. The third-order valence-electron chi connectivity index (χ3n) is 4.99. The molecule has 0 aliphatic carbocycles. The van der Waals surface area contributed by atoms with Crippen molar-refractivity contribution >= 4 is 36.8 Å². The van der Waals surface area contributed by atoms with Gasteiger partial charge in [-0.1, -0.05) is 5.16 Å². The molecule has 0 saturated carbocycles. The van der Waals surface area contributed by atoms with Gasteiger partial charge in [0, 0.05) is 31.3 Å². The molecule has 15 heteroatoms. The number of benzene rings is 1. The summed E-state index contributed by atoms with van der Waals surface area (Å²) in [7, 11) is -4.91. The highest BCUT2D eigenvalue weighted by Gasteiger charge is 2.40. The SMILES string of the molecule is O=C1C=CN(c2c(F)cc(N3CC(CN(c4ccon4)P(=O)(O)O)OC3=O)c(F)c2F)CC1. The topological polar surface area (TPSA) is 137 Å². The summed E-state index contributed by atoms with van der Waals surface area (Å²) < 4.78 is 66.2. The maximum absolute atomic E-state index is 14.8. The van der Waals surface area contributed by atoms with Crippen LogP contribution in [0.5, 0.6) is 0 Å². The van der Waals surface area contributed by atoms with Crippen molar-refractivity contribution in [3.8, 4) is 0 Å². The molecule has 176 valence electrons. The molecule has 1 fully saturated rings. The number of anilines is 3. The van der Waals surface area contributed by atoms with E-state index in [0.29, 0.717) is 15.6 Å². The van der Waals surface area contributed by atoms with Crippen LogP contribution in [0.3, 0.4) is 0 Å². The average molecular weight is 488 g/mol. The molecular weight excluding hydrogens is 472 g/mol. The van der Waals surface area contributed by atoms with Gasteiger partial charge in [0.05, 0.1) is 18.8 Å². The minimum Gasteiger partial charge on any atom is -0.442 e. The van der Waals surface area contributed by atoms with Gasteiger partial charge in [0.1, 0.15) is 18.1 Å². The van der Waals surface area contributed by atoms with E-state index in [9.17, 15) is 37.1 Å². The predicted octanol–water partition coefficient (Wildman–Crippen LogP) is 2.31. The second-order valence-electron chi connectivity index (χ2n) is 7.15. The first-order valence-electron chi connectivity index (χ1n) is 9.43. The number of aromatic nitrogens is 1. The Hall–Kier alpha value is -3.35. The molecule has 1 saturated heterocycles. The molecule has 1 aromatic heterocycles. The van der Waals surface area contributed by atoms with Crippen LogP contribution in [0.2, 0.25) is 0 Å². The second-order valence-corrected chi connectivity index (χ2v) is 8.66. The molecular formula is C18H16F3N4O7P. The van der Waals surface area contributed by atoms with E-state index in [4.69, 9.17) is 4.74 Å². The normalized spacial score (nSPS) is 18.8. The molecule has 0 spiro atoms. The van der Waals surface area contributed by atoms with Crippen LogP contribution in [0, 0.1) is 17.5 Å². The van der Waals surface area contributed by atoms with Crippen molar-refractivity contribution < 1.29 is 46.4 Å². The zero-order chi connectivity index (χ0) is 23.9. The monoisotopic (exact) mass is 488 g/mol. The van der Waals surface area contributed by atoms with Gasteiger partial charge < -0.3 is 23.9 Å². The fraction of sp³-hybridized carbons (Fsp3) is 0.278. The van der Waals surface area contributed by atoms with Crippen LogP contribution >= 0.6 is 7.75 Å². The van der Waals surface area contributed by atoms with Crippen LogP contribution in [-0.2, 0) is 14.1 Å². The van der Waals surface area contributed by atoms with Crippen molar-refractivity contribution in [2.24, 2.45) is 0 Å². The quantitative estimate of drug-likeness (QED) is 0.460. The van der Waals surface area contributed by atoms with Crippen LogP contribution in [0.1, 0.15) is 6.42 Å². The third kappa shape index (κ3) is 4.45. The van der Waals surface area contributed by atoms with Crippen molar-refractivity contribution in [1.29, 1.82) is 0 Å². The summed E-state index contributed by atoms with van der Waals surface area (Å²) >= 11 is 0. The van der Waals surface area contributed by atoms with E-state index in [2.05, 4.69) is 9.68 Å². The van der Waals surface area contributed by atoms with Crippen LogP contribution in [0.15, 0.2) is 35.2 Å². The molecule has 11 nitrogen and oxygen atoms in total. The number of hydrogen-bond donors (Lipinski definition) is 2. The number of allylic oxidation sites excluding steroid dienone is 1. The number of carbonyl (C=O) groups excluding carboxylic acids is 2. The maximum atomic E-state index is 14.8. The van der Waals surface area contributed by atoms with Gasteiger partial charge >= 0.3 is 13.8 Å². The molecule has 2 aliphatic rings. The molecule has 2 aliphatic heterocycles. The number of hydrogen-bond acceptors (Lipinski definition) is 7. The largest absolute Gasteiger partial charge is 0.442 e. The number of carbonyl (C=O) groups is 2. The highest BCUT2D eigenvalue weighted by molar-refractivity contribution is 7.53. The minimum atomic E-state index is -4.91. The lowest BCUT2D eigenvalue weighted by Gasteiger charge is -2.25. The first-order chi connectivity index (χ1) is 15.6. The minimum absolute atomic E-state index is 0.0134. The van der Waals surface area contributed by atoms with Gasteiger partial charge in [-0.2, -0.15) is 0 Å². The number of halogens is 3. The van der Waals surface area contributed by atoms with Gasteiger partial charge in [-0.25, -0.2) is 22.5 Å². The highest BCUT2D eigenvalue weighted by Crippen LogP contribution is 2.44. The maximum Gasteiger partial charge on any atom is 0.431 e. The van der Waals surface area contributed by atoms with Gasteiger partial charge in [-0.3, -0.25) is 14.4 Å². The number of amides is 1. The summed E-state index contributed by atoms with van der Waals surface area (Å²) in [5.41, 5.74) is -1.47. The zero-order valence-electron chi connectivity index (χ0n) is 16.6. The van der Waals surface area contributed by atoms with E-state index in [1.165, 1.54) is 6.07 Å². The Morgan fingerprint density at radius 3 is 2.61 bits per heavy atom. The molecule has 4 rings (SSSR count). The number of ketones is 1. The van der Waals surface area contributed by atoms with Gasteiger partial charge in [-0.15, -0.1) is 0 Å². The molecule has 2 aromatic rings. The van der Waals surface area contributed by atoms with E-state index in [1.54, 1.807) is 0 Å². The predicted molar refractivity (Wildman–Crippen MR) is 106 cm³/mol. The van der Waals surface area contributed by atoms with E-state index >= 15 is 0 Å². The van der Waals surface area contributed by atoms with Crippen molar-refractivity contribution in [2.75, 3.05) is 34.1 Å². The summed E-state index contributed by atoms with van der Waals surface area (Å²) in [5, 5.41) is 3.43. The lowest BCUT2D eigenvalue weighted by Crippen LogP contribution is -2.33. The molecule has 0 radical (unpaired) electrons. The van der Waals surface area contributed by atoms with Gasteiger partial charge in [-0.05, 0) is 6.08 Å². The Morgan fingerprint density at radius 1 is 1.24 bits per heavy atom. The van der Waals surface area contributed by atoms with E-state index in [-0.39, 0.29) is 24.6 Å². The van der Waals surface area contributed by atoms with E-state index < -0.39 is 61.9 Å². The lowest BCUT2D eigenvalue weighted by molar-refractivity contribution is -0.114. The molecule has 3 heterocycles. The van der Waals surface area contributed by atoms with Crippen molar-refractivity contribution in [3.63, 3.8) is 0 Å². The van der Waals surface area contributed by atoms with E-state index in [1.807, 2.05) is 0 Å². The summed E-state index contributed by atoms with van der Waals surface area (Å²) in [5.74, 6) is -4.76. The third-order valence-corrected chi connectivity index (χ3v) is 5.98. The first kappa shape index (κ1) is 22.8. The van der Waals surface area contributed by atoms with Crippen LogP contribution < -0.4 is 14.5 Å². The summed E-state index contributed by atoms with van der Waals surface area (Å²) in [6.45, 7) is -1.08. The lowest BCUT2D eigenvalue weighted by atomic mass is 10.1. The summed E-state index contributed by atoms with van der Waals surface area (Å²) in [6.07, 6.45) is 0.926. The Morgan fingerprint density at radius 2 is 2.00 bits per heavy atom. The Labute approximate surface area is 183 Å². The average Bonchev–Trinajstić information content (AvgIpc) is 3.39. The Bertz CT molecular complexity index is 1170. The zero-order valence-corrected chi connectivity index (χ0v) is 17.5. The number of cyclic esters (lactones) is 1. The van der Waals surface area contributed by atoms with Gasteiger partial charge in [0.15, 0.2) is 29.1 Å². The fourth-order valence-electron chi connectivity index (χ4n) is 3.46. The fourth-order valence-corrected chi connectivity index (χ4v) is 4.22. The molecule has 1 atom stereocenters. The van der Waals surface area contributed by atoms with Crippen LogP contribution in [0.25, 0.3) is 0 Å². The molecule has 0 bridgehead atoms. The highest BCUT2D eigenvalue weighted by atomic mass is 31.2. The summed E-state index contributed by atoms with van der Waals surface area (Å²) in [6, 6.07) is 1.78. The van der Waals surface area contributed by atoms with Crippen molar-refractivity contribution in [1.82, 2.24) is 5.16 Å². The number of ether oxygens (including phenoxy) is 1. The van der Waals surface area contributed by atoms with Gasteiger partial charge in [0.2, 0.25) is 0 Å². The number of nitrogens with zero attached hydrogens (tertiary/aromatic N) is 4. The molecule has 2 N–H and O–H groups in total. The first-order valence-corrected chi connectivity index (χ1v) is 11.0. The summed E-state index contributed by atoms with van der Waals surface area (Å²) in [4.78, 5) is 44.3. The van der Waals surface area contributed by atoms with Crippen molar-refractivity contribution in [2.45, 2.75) is 12.5 Å². The van der Waals surface area contributed by atoms with Gasteiger partial charge in [0.25, 0.3) is 0 Å².